The van der Waals surface area contributed by atoms with Gasteiger partial charge in [0, 0.05) is 18.5 Å². The molecule has 3 rings (SSSR count). The Morgan fingerprint density at radius 2 is 2.25 bits per heavy atom. The van der Waals surface area contributed by atoms with E-state index in [-0.39, 0.29) is 5.75 Å². The van der Waals surface area contributed by atoms with Gasteiger partial charge in [-0.1, -0.05) is 6.92 Å². The quantitative estimate of drug-likeness (QED) is 0.917. The van der Waals surface area contributed by atoms with Gasteiger partial charge in [0.05, 0.1) is 7.11 Å². The molecular formula is C15H18FN3O. The average molecular weight is 275 g/mol. The maximum atomic E-state index is 13.8. The Balaban J connectivity index is 2.05. The second-order valence-corrected chi connectivity index (χ2v) is 5.36. The van der Waals surface area contributed by atoms with Crippen LogP contribution in [0.2, 0.25) is 0 Å². The van der Waals surface area contributed by atoms with Crippen LogP contribution < -0.4 is 10.5 Å². The van der Waals surface area contributed by atoms with Crippen LogP contribution in [0.25, 0.3) is 11.3 Å². The fourth-order valence-electron chi connectivity index (χ4n) is 2.71. The number of ether oxygens (including phenoxy) is 1. The molecule has 106 valence electrons. The fourth-order valence-corrected chi connectivity index (χ4v) is 2.71. The maximum Gasteiger partial charge on any atom is 0.165 e. The Morgan fingerprint density at radius 1 is 1.45 bits per heavy atom. The van der Waals surface area contributed by atoms with Crippen LogP contribution in [-0.2, 0) is 13.0 Å². The predicted molar refractivity (Wildman–Crippen MR) is 76.1 cm³/mol. The number of benzene rings is 1. The van der Waals surface area contributed by atoms with Crippen molar-refractivity contribution in [3.63, 3.8) is 0 Å². The molecule has 0 saturated heterocycles. The van der Waals surface area contributed by atoms with E-state index < -0.39 is 5.82 Å². The number of anilines is 1. The third-order valence-corrected chi connectivity index (χ3v) is 3.89. The van der Waals surface area contributed by atoms with Crippen molar-refractivity contribution in [2.75, 3.05) is 12.8 Å². The molecule has 0 aliphatic carbocycles. The number of halogens is 1. The summed E-state index contributed by atoms with van der Waals surface area (Å²) in [5, 5.41) is 0. The molecule has 0 bridgehead atoms. The number of nitrogen functional groups attached to an aromatic ring is 1. The minimum absolute atomic E-state index is 0.227. The van der Waals surface area contributed by atoms with Gasteiger partial charge in [0.25, 0.3) is 0 Å². The first kappa shape index (κ1) is 13.0. The lowest BCUT2D eigenvalue weighted by atomic mass is 10.0. The highest BCUT2D eigenvalue weighted by molar-refractivity contribution is 5.71. The lowest BCUT2D eigenvalue weighted by Gasteiger charge is -2.20. The molecule has 1 unspecified atom stereocenters. The normalized spacial score (nSPS) is 17.9. The molecule has 20 heavy (non-hydrogen) atoms. The van der Waals surface area contributed by atoms with Crippen molar-refractivity contribution in [3.05, 3.63) is 29.8 Å². The molecule has 0 saturated carbocycles. The van der Waals surface area contributed by atoms with Gasteiger partial charge in [-0.25, -0.2) is 9.37 Å². The zero-order chi connectivity index (χ0) is 14.3. The van der Waals surface area contributed by atoms with Crippen LogP contribution in [-0.4, -0.2) is 16.7 Å². The number of nitrogens with zero attached hydrogens (tertiary/aromatic N) is 2. The van der Waals surface area contributed by atoms with Crippen LogP contribution in [0.1, 0.15) is 19.2 Å². The minimum Gasteiger partial charge on any atom is -0.494 e. The van der Waals surface area contributed by atoms with Gasteiger partial charge in [0.15, 0.2) is 11.6 Å². The first-order valence-electron chi connectivity index (χ1n) is 6.79. The molecule has 0 amide bonds. The van der Waals surface area contributed by atoms with Crippen LogP contribution in [0.15, 0.2) is 18.2 Å². The Labute approximate surface area is 117 Å². The van der Waals surface area contributed by atoms with Crippen molar-refractivity contribution < 1.29 is 9.13 Å². The summed E-state index contributed by atoms with van der Waals surface area (Å²) in [6, 6.07) is 4.81. The number of fused-ring (bicyclic) bond motifs is 1. The van der Waals surface area contributed by atoms with Gasteiger partial charge in [-0.05, 0) is 30.5 Å². The number of rotatable bonds is 2. The van der Waals surface area contributed by atoms with Crippen LogP contribution >= 0.6 is 0 Å². The third kappa shape index (κ3) is 2.03. The molecule has 1 aromatic carbocycles. The molecule has 0 radical (unpaired) electrons. The molecule has 0 fully saturated rings. The number of hydrogen-bond donors (Lipinski definition) is 1. The molecule has 2 heterocycles. The second kappa shape index (κ2) is 4.81. The monoisotopic (exact) mass is 275 g/mol. The van der Waals surface area contributed by atoms with Gasteiger partial charge in [0.2, 0.25) is 0 Å². The molecule has 4 nitrogen and oxygen atoms in total. The molecule has 2 N–H and O–H groups in total. The lowest BCUT2D eigenvalue weighted by molar-refractivity contribution is 0.386. The number of hydrogen-bond acceptors (Lipinski definition) is 3. The largest absolute Gasteiger partial charge is 0.494 e. The van der Waals surface area contributed by atoms with Crippen molar-refractivity contribution in [2.24, 2.45) is 5.92 Å². The molecule has 1 atom stereocenters. The van der Waals surface area contributed by atoms with E-state index in [4.69, 9.17) is 10.5 Å². The van der Waals surface area contributed by atoms with Crippen molar-refractivity contribution >= 4 is 5.82 Å². The van der Waals surface area contributed by atoms with Crippen LogP contribution in [0, 0.1) is 11.7 Å². The smallest absolute Gasteiger partial charge is 0.165 e. The molecule has 5 heteroatoms. The topological polar surface area (TPSA) is 53.1 Å². The zero-order valence-electron chi connectivity index (χ0n) is 11.7. The molecule has 2 aromatic rings. The second-order valence-electron chi connectivity index (χ2n) is 5.36. The van der Waals surface area contributed by atoms with Gasteiger partial charge in [0.1, 0.15) is 17.3 Å². The summed E-state index contributed by atoms with van der Waals surface area (Å²) >= 11 is 0. The van der Waals surface area contributed by atoms with E-state index in [0.717, 1.165) is 25.2 Å². The lowest BCUT2D eigenvalue weighted by Crippen LogP contribution is -2.18. The minimum atomic E-state index is -0.399. The summed E-state index contributed by atoms with van der Waals surface area (Å²) in [5.74, 6) is 2.06. The van der Waals surface area contributed by atoms with E-state index >= 15 is 0 Å². The van der Waals surface area contributed by atoms with Crippen LogP contribution in [0.5, 0.6) is 5.75 Å². The zero-order valence-corrected chi connectivity index (χ0v) is 11.7. The SMILES string of the molecule is COc1ccc(-c2nc3n(c2N)CCC(C)C3)cc1F. The van der Waals surface area contributed by atoms with E-state index in [1.165, 1.54) is 13.2 Å². The summed E-state index contributed by atoms with van der Waals surface area (Å²) in [4.78, 5) is 4.60. The van der Waals surface area contributed by atoms with E-state index in [1.54, 1.807) is 12.1 Å². The fraction of sp³-hybridized carbons (Fsp3) is 0.400. The summed E-state index contributed by atoms with van der Waals surface area (Å²) in [6.45, 7) is 3.09. The van der Waals surface area contributed by atoms with Gasteiger partial charge >= 0.3 is 0 Å². The van der Waals surface area contributed by atoms with Gasteiger partial charge < -0.3 is 15.0 Å². The van der Waals surface area contributed by atoms with Crippen molar-refractivity contribution in [1.82, 2.24) is 9.55 Å². The number of nitrogens with two attached hydrogens (primary N) is 1. The third-order valence-electron chi connectivity index (χ3n) is 3.89. The number of methoxy groups -OCH3 is 1. The first-order valence-corrected chi connectivity index (χ1v) is 6.79. The van der Waals surface area contributed by atoms with Crippen LogP contribution in [0.4, 0.5) is 10.2 Å². The Bertz CT molecular complexity index is 651. The van der Waals surface area contributed by atoms with Gasteiger partial charge in [-0.2, -0.15) is 0 Å². The van der Waals surface area contributed by atoms with Crippen molar-refractivity contribution in [2.45, 2.75) is 26.3 Å². The Morgan fingerprint density at radius 3 is 2.95 bits per heavy atom. The number of imidazole rings is 1. The highest BCUT2D eigenvalue weighted by Gasteiger charge is 2.22. The molecule has 1 aromatic heterocycles. The highest BCUT2D eigenvalue weighted by Crippen LogP contribution is 2.32. The van der Waals surface area contributed by atoms with Crippen molar-refractivity contribution in [3.8, 4) is 17.0 Å². The van der Waals surface area contributed by atoms with E-state index in [2.05, 4.69) is 11.9 Å². The predicted octanol–water partition coefficient (Wildman–Crippen LogP) is 2.86. The maximum absolute atomic E-state index is 13.8. The summed E-state index contributed by atoms with van der Waals surface area (Å²) in [5.41, 5.74) is 7.52. The summed E-state index contributed by atoms with van der Waals surface area (Å²) in [6.07, 6.45) is 2.02. The van der Waals surface area contributed by atoms with Gasteiger partial charge in [-0.3, -0.25) is 0 Å². The standard InChI is InChI=1S/C15H18FN3O/c1-9-5-6-19-13(7-9)18-14(15(19)17)10-3-4-12(20-2)11(16)8-10/h3-4,8-9H,5-7,17H2,1-2H3. The number of aromatic nitrogens is 2. The Hall–Kier alpha value is -2.04. The first-order chi connectivity index (χ1) is 9.60. The van der Waals surface area contributed by atoms with E-state index in [9.17, 15) is 4.39 Å². The van der Waals surface area contributed by atoms with E-state index in [0.29, 0.717) is 23.0 Å². The molecule has 1 aliphatic heterocycles. The van der Waals surface area contributed by atoms with Gasteiger partial charge in [-0.15, -0.1) is 0 Å². The van der Waals surface area contributed by atoms with E-state index in [1.807, 2.05) is 4.57 Å². The molecule has 1 aliphatic rings. The van der Waals surface area contributed by atoms with Crippen LogP contribution in [0.3, 0.4) is 0 Å². The summed E-state index contributed by atoms with van der Waals surface area (Å²) < 4.78 is 20.8. The molecule has 0 spiro atoms. The Kier molecular flexibility index (Phi) is 3.12. The summed E-state index contributed by atoms with van der Waals surface area (Å²) in [7, 11) is 1.45. The van der Waals surface area contributed by atoms with Crippen molar-refractivity contribution in [1.29, 1.82) is 0 Å². The molecular weight excluding hydrogens is 257 g/mol. The highest BCUT2D eigenvalue weighted by atomic mass is 19.1. The average Bonchev–Trinajstić information content (AvgIpc) is 2.75.